The first-order valence-corrected chi connectivity index (χ1v) is 9.18. The van der Waals surface area contributed by atoms with Crippen molar-refractivity contribution in [3.8, 4) is 0 Å². The number of rotatable bonds is 6. The Morgan fingerprint density at radius 3 is 2.71 bits per heavy atom. The van der Waals surface area contributed by atoms with Gasteiger partial charge in [-0.1, -0.05) is 30.0 Å². The SMILES string of the molecule is O=C(CSc1nnc(CN2CCC(=O)NC2=O)o1)NNC(=O)c1ccccc1. The summed E-state index contributed by atoms with van der Waals surface area (Å²) in [7, 11) is 0. The fourth-order valence-corrected chi connectivity index (χ4v) is 2.81. The van der Waals surface area contributed by atoms with Gasteiger partial charge in [0.1, 0.15) is 6.54 Å². The quantitative estimate of drug-likeness (QED) is 0.453. The van der Waals surface area contributed by atoms with Gasteiger partial charge in [0.05, 0.1) is 5.75 Å². The summed E-state index contributed by atoms with van der Waals surface area (Å²) in [5, 5.41) is 9.94. The monoisotopic (exact) mass is 404 g/mol. The normalized spacial score (nSPS) is 13.8. The number of thioether (sulfide) groups is 1. The van der Waals surface area contributed by atoms with Gasteiger partial charge >= 0.3 is 6.03 Å². The highest BCUT2D eigenvalue weighted by atomic mass is 32.2. The zero-order chi connectivity index (χ0) is 19.9. The van der Waals surface area contributed by atoms with E-state index in [1.165, 1.54) is 4.90 Å². The van der Waals surface area contributed by atoms with Crippen LogP contribution in [0, 0.1) is 0 Å². The van der Waals surface area contributed by atoms with Crippen molar-refractivity contribution in [2.24, 2.45) is 0 Å². The molecule has 0 unspecified atom stereocenters. The molecule has 0 radical (unpaired) electrons. The molecule has 2 aromatic rings. The Kier molecular flexibility index (Phi) is 6.22. The number of hydrogen-bond acceptors (Lipinski definition) is 8. The van der Waals surface area contributed by atoms with Gasteiger partial charge in [0, 0.05) is 18.5 Å². The predicted molar refractivity (Wildman–Crippen MR) is 95.6 cm³/mol. The standard InChI is InChI=1S/C16H16N6O5S/c23-11-6-7-22(15(26)17-11)8-13-19-21-16(27-13)28-9-12(24)18-20-14(25)10-4-2-1-3-5-10/h1-5H,6-9H2,(H,18,24)(H,20,25)(H,17,23,26). The molecule has 1 fully saturated rings. The number of aromatic nitrogens is 2. The van der Waals surface area contributed by atoms with Crippen LogP contribution >= 0.6 is 11.8 Å². The number of amides is 5. The number of hydrazine groups is 1. The van der Waals surface area contributed by atoms with Crippen molar-refractivity contribution in [2.45, 2.75) is 18.2 Å². The topological polar surface area (TPSA) is 147 Å². The Hall–Kier alpha value is -3.41. The molecule has 11 nitrogen and oxygen atoms in total. The van der Waals surface area contributed by atoms with Crippen molar-refractivity contribution in [3.05, 3.63) is 41.8 Å². The third-order valence-electron chi connectivity index (χ3n) is 3.59. The largest absolute Gasteiger partial charge is 0.414 e. The second-order valence-electron chi connectivity index (χ2n) is 5.64. The highest BCUT2D eigenvalue weighted by Crippen LogP contribution is 2.17. The second kappa shape index (κ2) is 8.99. The molecule has 28 heavy (non-hydrogen) atoms. The van der Waals surface area contributed by atoms with Crippen molar-refractivity contribution < 1.29 is 23.6 Å². The summed E-state index contributed by atoms with van der Waals surface area (Å²) >= 11 is 0.983. The van der Waals surface area contributed by atoms with E-state index in [2.05, 4.69) is 26.4 Å². The van der Waals surface area contributed by atoms with Crippen LogP contribution in [0.15, 0.2) is 40.0 Å². The second-order valence-corrected chi connectivity index (χ2v) is 6.57. The fraction of sp³-hybridized carbons (Fsp3) is 0.250. The molecule has 0 bridgehead atoms. The molecule has 3 rings (SSSR count). The third kappa shape index (κ3) is 5.30. The molecular weight excluding hydrogens is 388 g/mol. The minimum absolute atomic E-state index is 0.0601. The lowest BCUT2D eigenvalue weighted by molar-refractivity contribution is -0.121. The van der Waals surface area contributed by atoms with Crippen LogP contribution < -0.4 is 16.2 Å². The average Bonchev–Trinajstić information content (AvgIpc) is 3.15. The van der Waals surface area contributed by atoms with Crippen LogP contribution in [0.3, 0.4) is 0 Å². The van der Waals surface area contributed by atoms with E-state index in [1.54, 1.807) is 30.3 Å². The van der Waals surface area contributed by atoms with Crippen LogP contribution in [-0.4, -0.2) is 51.1 Å². The molecule has 1 saturated heterocycles. The summed E-state index contributed by atoms with van der Waals surface area (Å²) in [6.45, 7) is 0.324. The molecule has 3 N–H and O–H groups in total. The molecule has 0 atom stereocenters. The molecule has 0 spiro atoms. The number of benzene rings is 1. The van der Waals surface area contributed by atoms with E-state index in [-0.39, 0.29) is 42.3 Å². The van der Waals surface area contributed by atoms with Gasteiger partial charge in [0.2, 0.25) is 17.7 Å². The van der Waals surface area contributed by atoms with Gasteiger partial charge in [-0.3, -0.25) is 30.6 Å². The first-order valence-electron chi connectivity index (χ1n) is 8.19. The predicted octanol–water partition coefficient (Wildman–Crippen LogP) is 0.0648. The lowest BCUT2D eigenvalue weighted by Crippen LogP contribution is -2.48. The maximum atomic E-state index is 11.8. The Labute approximate surface area is 163 Å². The van der Waals surface area contributed by atoms with Crippen molar-refractivity contribution in [1.29, 1.82) is 0 Å². The lowest BCUT2D eigenvalue weighted by Gasteiger charge is -2.24. The Morgan fingerprint density at radius 1 is 1.18 bits per heavy atom. The average molecular weight is 404 g/mol. The van der Waals surface area contributed by atoms with Crippen LogP contribution in [0.25, 0.3) is 0 Å². The summed E-state index contributed by atoms with van der Waals surface area (Å²) in [5.41, 5.74) is 5.01. The first kappa shape index (κ1) is 19.4. The molecule has 146 valence electrons. The van der Waals surface area contributed by atoms with Gasteiger partial charge in [-0.15, -0.1) is 10.2 Å². The van der Waals surface area contributed by atoms with Crippen LogP contribution in [0.2, 0.25) is 0 Å². The molecular formula is C16H16N6O5S. The van der Waals surface area contributed by atoms with Crippen LogP contribution in [0.5, 0.6) is 0 Å². The van der Waals surface area contributed by atoms with Gasteiger partial charge in [-0.25, -0.2) is 4.79 Å². The zero-order valence-electron chi connectivity index (χ0n) is 14.5. The van der Waals surface area contributed by atoms with E-state index in [4.69, 9.17) is 4.42 Å². The zero-order valence-corrected chi connectivity index (χ0v) is 15.3. The Bertz CT molecular complexity index is 887. The maximum Gasteiger partial charge on any atom is 0.324 e. The molecule has 1 aromatic carbocycles. The minimum atomic E-state index is -0.516. The summed E-state index contributed by atoms with van der Waals surface area (Å²) in [5.74, 6) is -1.09. The van der Waals surface area contributed by atoms with E-state index in [9.17, 15) is 19.2 Å². The fourth-order valence-electron chi connectivity index (χ4n) is 2.22. The van der Waals surface area contributed by atoms with Crippen LogP contribution in [0.1, 0.15) is 22.7 Å². The van der Waals surface area contributed by atoms with E-state index in [0.29, 0.717) is 5.56 Å². The van der Waals surface area contributed by atoms with Crippen molar-refractivity contribution in [1.82, 2.24) is 31.3 Å². The molecule has 1 aliphatic rings. The highest BCUT2D eigenvalue weighted by molar-refractivity contribution is 7.99. The van der Waals surface area contributed by atoms with E-state index >= 15 is 0 Å². The summed E-state index contributed by atoms with van der Waals surface area (Å²) in [6, 6.07) is 7.93. The summed E-state index contributed by atoms with van der Waals surface area (Å²) in [6.07, 6.45) is 0.205. The molecule has 0 saturated carbocycles. The van der Waals surface area contributed by atoms with E-state index in [0.717, 1.165) is 11.8 Å². The molecule has 2 heterocycles. The number of imide groups is 1. The number of nitrogens with zero attached hydrogens (tertiary/aromatic N) is 3. The third-order valence-corrected chi connectivity index (χ3v) is 4.41. The van der Waals surface area contributed by atoms with Gasteiger partial charge in [-0.2, -0.15) is 0 Å². The van der Waals surface area contributed by atoms with Crippen LogP contribution in [-0.2, 0) is 16.1 Å². The number of carbonyl (C=O) groups excluding carboxylic acids is 4. The van der Waals surface area contributed by atoms with Crippen molar-refractivity contribution in [3.63, 3.8) is 0 Å². The Balaban J connectivity index is 1.41. The Morgan fingerprint density at radius 2 is 1.96 bits per heavy atom. The molecule has 1 aromatic heterocycles. The first-order chi connectivity index (χ1) is 13.5. The molecule has 5 amide bonds. The van der Waals surface area contributed by atoms with Gasteiger partial charge < -0.3 is 9.32 Å². The highest BCUT2D eigenvalue weighted by Gasteiger charge is 2.24. The van der Waals surface area contributed by atoms with E-state index < -0.39 is 17.8 Å². The molecule has 1 aliphatic heterocycles. The van der Waals surface area contributed by atoms with Gasteiger partial charge in [0.25, 0.3) is 11.1 Å². The van der Waals surface area contributed by atoms with Gasteiger partial charge in [0.15, 0.2) is 0 Å². The summed E-state index contributed by atoms with van der Waals surface area (Å²) in [4.78, 5) is 47.8. The summed E-state index contributed by atoms with van der Waals surface area (Å²) < 4.78 is 5.37. The number of carbonyl (C=O) groups is 4. The van der Waals surface area contributed by atoms with Gasteiger partial charge in [-0.05, 0) is 12.1 Å². The maximum absolute atomic E-state index is 11.8. The lowest BCUT2D eigenvalue weighted by atomic mass is 10.2. The van der Waals surface area contributed by atoms with Crippen molar-refractivity contribution in [2.75, 3.05) is 12.3 Å². The minimum Gasteiger partial charge on any atom is -0.414 e. The smallest absolute Gasteiger partial charge is 0.324 e. The van der Waals surface area contributed by atoms with E-state index in [1.807, 2.05) is 0 Å². The number of hydrogen-bond donors (Lipinski definition) is 3. The number of urea groups is 1. The van der Waals surface area contributed by atoms with Crippen LogP contribution in [0.4, 0.5) is 4.79 Å². The van der Waals surface area contributed by atoms with Crippen molar-refractivity contribution >= 4 is 35.5 Å². The number of nitrogens with one attached hydrogen (secondary N) is 3. The molecule has 12 heteroatoms. The molecule has 0 aliphatic carbocycles.